The molecule has 1 heterocycles. The van der Waals surface area contributed by atoms with Crippen LogP contribution in [0.4, 0.5) is 5.69 Å². The zero-order valence-electron chi connectivity index (χ0n) is 19.9. The van der Waals surface area contributed by atoms with Crippen LogP contribution >= 0.6 is 23.2 Å². The second kappa shape index (κ2) is 11.2. The van der Waals surface area contributed by atoms with Crippen molar-refractivity contribution >= 4 is 50.5 Å². The van der Waals surface area contributed by atoms with Crippen LogP contribution in [0.5, 0.6) is 0 Å². The first-order valence-corrected chi connectivity index (χ1v) is 13.0. The average Bonchev–Trinajstić information content (AvgIpc) is 3.12. The monoisotopic (exact) mass is 554 g/mol. The predicted octanol–water partition coefficient (Wildman–Crippen LogP) is 3.62. The Morgan fingerprint density at radius 3 is 2.50 bits per heavy atom. The second-order valence-electron chi connectivity index (χ2n) is 7.53. The highest BCUT2D eigenvalue weighted by atomic mass is 35.5. The molecule has 0 saturated heterocycles. The highest BCUT2D eigenvalue weighted by Crippen LogP contribution is 2.31. The van der Waals surface area contributed by atoms with Crippen molar-refractivity contribution in [3.63, 3.8) is 0 Å². The molecule has 0 aliphatic rings. The number of nitrogens with one attached hydrogen (secondary N) is 1. The number of aryl methyl sites for hydroxylation is 1. The van der Waals surface area contributed by atoms with Gasteiger partial charge in [0.2, 0.25) is 10.0 Å². The molecule has 0 fully saturated rings. The first-order chi connectivity index (χ1) is 17.0. The summed E-state index contributed by atoms with van der Waals surface area (Å²) in [6.07, 6.45) is 1.27. The molecule has 0 aliphatic carbocycles. The Morgan fingerprint density at radius 1 is 1.17 bits per heavy atom. The smallest absolute Gasteiger partial charge is 0.351 e. The zero-order chi connectivity index (χ0) is 26.6. The maximum absolute atomic E-state index is 13.4. The number of methoxy groups -OCH3 is 2. The molecule has 1 N–H and O–H groups in total. The van der Waals surface area contributed by atoms with Gasteiger partial charge in [0, 0.05) is 0 Å². The summed E-state index contributed by atoms with van der Waals surface area (Å²) in [6, 6.07) is 9.67. The molecule has 36 heavy (non-hydrogen) atoms. The lowest BCUT2D eigenvalue weighted by atomic mass is 10.0. The summed E-state index contributed by atoms with van der Waals surface area (Å²) in [7, 11) is -0.958. The van der Waals surface area contributed by atoms with Crippen molar-refractivity contribution < 1.29 is 22.7 Å². The van der Waals surface area contributed by atoms with E-state index in [9.17, 15) is 18.0 Å². The van der Waals surface area contributed by atoms with E-state index in [2.05, 4.69) is 9.82 Å². The maximum atomic E-state index is 13.4. The number of hydrogen-bond donors (Lipinski definition) is 1. The molecule has 0 amide bonds. The van der Waals surface area contributed by atoms with E-state index in [1.165, 1.54) is 44.1 Å². The Hall–Kier alpha value is -3.28. The van der Waals surface area contributed by atoms with E-state index in [4.69, 9.17) is 32.7 Å². The van der Waals surface area contributed by atoms with Gasteiger partial charge in [0.15, 0.2) is 0 Å². The van der Waals surface area contributed by atoms with Crippen molar-refractivity contribution in [2.24, 2.45) is 0 Å². The van der Waals surface area contributed by atoms with Crippen LogP contribution < -0.4 is 10.4 Å². The van der Waals surface area contributed by atoms with Gasteiger partial charge in [-0.05, 0) is 37.1 Å². The van der Waals surface area contributed by atoms with Gasteiger partial charge in [-0.2, -0.15) is 9.78 Å². The van der Waals surface area contributed by atoms with Gasteiger partial charge in [-0.25, -0.2) is 18.0 Å². The summed E-state index contributed by atoms with van der Waals surface area (Å²) in [5.74, 6) is -0.412. The van der Waals surface area contributed by atoms with Crippen LogP contribution in [0.25, 0.3) is 11.3 Å². The molecule has 0 atom stereocenters. The topological polar surface area (TPSA) is 122 Å². The zero-order valence-corrected chi connectivity index (χ0v) is 22.2. The van der Waals surface area contributed by atoms with Crippen molar-refractivity contribution in [1.82, 2.24) is 14.3 Å². The third kappa shape index (κ3) is 5.75. The number of halogens is 2. The second-order valence-corrected chi connectivity index (χ2v) is 10.4. The molecular formula is C23H24Cl2N4O6S. The lowest BCUT2D eigenvalue weighted by Crippen LogP contribution is -2.25. The molecule has 0 unspecified atom stereocenters. The molecule has 0 bridgehead atoms. The number of carbonyl (C=O) groups excluding carboxylic acids is 1. The van der Waals surface area contributed by atoms with Gasteiger partial charge in [-0.3, -0.25) is 9.29 Å². The van der Waals surface area contributed by atoms with Crippen molar-refractivity contribution in [2.75, 3.05) is 24.7 Å². The molecule has 1 aromatic heterocycles. The molecule has 0 spiro atoms. The molecule has 0 aliphatic heterocycles. The number of benzene rings is 2. The number of hydrogen-bond acceptors (Lipinski definition) is 7. The van der Waals surface area contributed by atoms with Crippen LogP contribution in [0.1, 0.15) is 23.9 Å². The number of esters is 1. The number of ether oxygens (including phenoxy) is 2. The summed E-state index contributed by atoms with van der Waals surface area (Å²) >= 11 is 12.5. The number of aromatic nitrogens is 3. The fourth-order valence-electron chi connectivity index (χ4n) is 3.39. The number of anilines is 1. The van der Waals surface area contributed by atoms with Gasteiger partial charge < -0.3 is 9.47 Å². The molecule has 192 valence electrons. The Labute approximate surface area is 218 Å². The third-order valence-corrected chi connectivity index (χ3v) is 7.14. The van der Waals surface area contributed by atoms with Crippen LogP contribution in [0.3, 0.4) is 0 Å². The quantitative estimate of drug-likeness (QED) is 0.243. The highest BCUT2D eigenvalue weighted by molar-refractivity contribution is 7.92. The molecule has 13 heteroatoms. The largest absolute Gasteiger partial charge is 0.503 e. The molecule has 0 saturated carbocycles. The van der Waals surface area contributed by atoms with Crippen molar-refractivity contribution in [2.45, 2.75) is 20.4 Å². The van der Waals surface area contributed by atoms with E-state index in [0.717, 1.165) is 4.68 Å². The fraction of sp³-hybridized carbons (Fsp3) is 0.261. The average molecular weight is 555 g/mol. The van der Waals surface area contributed by atoms with Crippen LogP contribution in [0.2, 0.25) is 10.0 Å². The Morgan fingerprint density at radius 2 is 1.86 bits per heavy atom. The lowest BCUT2D eigenvalue weighted by molar-refractivity contribution is -0.133. The van der Waals surface area contributed by atoms with Crippen LogP contribution in [0, 0.1) is 6.92 Å². The molecule has 0 radical (unpaired) electrons. The van der Waals surface area contributed by atoms with E-state index in [1.54, 1.807) is 31.2 Å². The van der Waals surface area contributed by atoms with Crippen LogP contribution in [-0.4, -0.2) is 48.7 Å². The molecule has 3 aromatic rings. The van der Waals surface area contributed by atoms with Crippen molar-refractivity contribution in [3.8, 4) is 5.69 Å². The van der Waals surface area contributed by atoms with Crippen LogP contribution in [-0.2, 0) is 30.8 Å². The predicted molar refractivity (Wildman–Crippen MR) is 138 cm³/mol. The van der Waals surface area contributed by atoms with Gasteiger partial charge in [-0.15, -0.1) is 0 Å². The molecule has 3 rings (SSSR count). The van der Waals surface area contributed by atoms with Gasteiger partial charge in [-0.1, -0.05) is 47.5 Å². The Bertz CT molecular complexity index is 1490. The number of carbonyl (C=O) groups is 1. The maximum Gasteiger partial charge on any atom is 0.351 e. The van der Waals surface area contributed by atoms with Crippen LogP contribution in [0.15, 0.2) is 47.5 Å². The first kappa shape index (κ1) is 27.3. The summed E-state index contributed by atoms with van der Waals surface area (Å²) in [5, 5.41) is 4.49. The number of rotatable bonds is 9. The van der Waals surface area contributed by atoms with E-state index in [0.29, 0.717) is 17.0 Å². The summed E-state index contributed by atoms with van der Waals surface area (Å²) in [6.45, 7) is 3.19. The third-order valence-electron chi connectivity index (χ3n) is 5.23. The van der Waals surface area contributed by atoms with Gasteiger partial charge >= 0.3 is 11.7 Å². The minimum absolute atomic E-state index is 0.0646. The normalized spacial score (nSPS) is 11.9. The van der Waals surface area contributed by atoms with E-state index in [-0.39, 0.29) is 39.3 Å². The molecular weight excluding hydrogens is 531 g/mol. The molecule has 10 nitrogen and oxygen atoms in total. The standard InChI is InChI=1S/C23H24Cl2N4O6S/c1-5-36(32,33)27-20-11-21(19(25)10-18(20)24)29-23(31)28(14(2)26-29)12-15-8-6-7-9-16(15)17(13-34-3)22(30)35-4/h6-11,13,27H,5,12H2,1-4H3/b17-13+. The summed E-state index contributed by atoms with van der Waals surface area (Å²) < 4.78 is 38.8. The van der Waals surface area contributed by atoms with E-state index in [1.807, 2.05) is 0 Å². The van der Waals surface area contributed by atoms with Crippen molar-refractivity contribution in [3.05, 3.63) is 80.1 Å². The Balaban J connectivity index is 2.09. The summed E-state index contributed by atoms with van der Waals surface area (Å²) in [4.78, 5) is 25.7. The minimum atomic E-state index is -3.63. The summed E-state index contributed by atoms with van der Waals surface area (Å²) in [5.41, 5.74) is 1.01. The molecule has 2 aromatic carbocycles. The highest BCUT2D eigenvalue weighted by Gasteiger charge is 2.21. The van der Waals surface area contributed by atoms with Gasteiger partial charge in [0.1, 0.15) is 11.4 Å². The number of sulfonamides is 1. The number of nitrogens with zero attached hydrogens (tertiary/aromatic N) is 3. The SMILES string of the molecule is CCS(=O)(=O)Nc1cc(-n2nc(C)n(Cc3ccccc3/C(=C\OC)C(=O)OC)c2=O)c(Cl)cc1Cl. The van der Waals surface area contributed by atoms with Gasteiger partial charge in [0.25, 0.3) is 0 Å². The van der Waals surface area contributed by atoms with Gasteiger partial charge in [0.05, 0.1) is 54.2 Å². The van der Waals surface area contributed by atoms with Crippen molar-refractivity contribution in [1.29, 1.82) is 0 Å². The Kier molecular flexibility index (Phi) is 8.49. The fourth-order valence-corrected chi connectivity index (χ4v) is 4.61. The lowest BCUT2D eigenvalue weighted by Gasteiger charge is -2.12. The van der Waals surface area contributed by atoms with E-state index < -0.39 is 21.7 Å². The first-order valence-electron chi connectivity index (χ1n) is 10.6. The minimum Gasteiger partial charge on any atom is -0.503 e. The van der Waals surface area contributed by atoms with E-state index >= 15 is 0 Å².